The summed E-state index contributed by atoms with van der Waals surface area (Å²) < 4.78 is 30.3. The van der Waals surface area contributed by atoms with E-state index in [2.05, 4.69) is 16.6 Å². The number of aryl methyl sites for hydroxylation is 1. The van der Waals surface area contributed by atoms with Gasteiger partial charge in [0.2, 0.25) is 10.0 Å². The van der Waals surface area contributed by atoms with Gasteiger partial charge in [-0.15, -0.1) is 0 Å². The number of nitrogens with zero attached hydrogens (tertiary/aromatic N) is 2. The Morgan fingerprint density at radius 1 is 1.12 bits per heavy atom. The van der Waals surface area contributed by atoms with Gasteiger partial charge >= 0.3 is 5.97 Å². The SMILES string of the molecule is CCCCc1nc(Cl)c(C(=O)O)n1Cc1ccc(-c2ccccc2S(=O)(=O)NC(C)(C)C)cc1. The summed E-state index contributed by atoms with van der Waals surface area (Å²) in [4.78, 5) is 16.3. The minimum Gasteiger partial charge on any atom is -0.476 e. The molecule has 2 aromatic carbocycles. The molecule has 0 spiro atoms. The molecule has 0 bridgehead atoms. The summed E-state index contributed by atoms with van der Waals surface area (Å²) in [5.41, 5.74) is 1.55. The quantitative estimate of drug-likeness (QED) is 0.408. The smallest absolute Gasteiger partial charge is 0.355 e. The van der Waals surface area contributed by atoms with E-state index in [4.69, 9.17) is 11.6 Å². The fraction of sp³-hybridized carbons (Fsp3) is 0.360. The van der Waals surface area contributed by atoms with Crippen molar-refractivity contribution < 1.29 is 18.3 Å². The van der Waals surface area contributed by atoms with Crippen LogP contribution in [0.1, 0.15) is 62.4 Å². The van der Waals surface area contributed by atoms with E-state index in [0.29, 0.717) is 24.4 Å². The van der Waals surface area contributed by atoms with Gasteiger partial charge in [-0.3, -0.25) is 0 Å². The first-order valence-electron chi connectivity index (χ1n) is 11.1. The first-order chi connectivity index (χ1) is 15.9. The number of unbranched alkanes of at least 4 members (excludes halogenated alkanes) is 1. The van der Waals surface area contributed by atoms with Crippen molar-refractivity contribution in [3.63, 3.8) is 0 Å². The van der Waals surface area contributed by atoms with Crippen molar-refractivity contribution in [2.75, 3.05) is 0 Å². The van der Waals surface area contributed by atoms with E-state index in [1.165, 1.54) is 0 Å². The molecule has 0 aliphatic rings. The zero-order chi connectivity index (χ0) is 25.1. The molecule has 7 nitrogen and oxygen atoms in total. The lowest BCUT2D eigenvalue weighted by molar-refractivity contribution is 0.0685. The fourth-order valence-electron chi connectivity index (χ4n) is 3.74. The molecule has 34 heavy (non-hydrogen) atoms. The third kappa shape index (κ3) is 6.05. The Kier molecular flexibility index (Phi) is 7.85. The second kappa shape index (κ2) is 10.3. The number of sulfonamides is 1. The summed E-state index contributed by atoms with van der Waals surface area (Å²) in [5.74, 6) is -0.486. The maximum absolute atomic E-state index is 13.0. The second-order valence-corrected chi connectivity index (χ2v) is 11.2. The van der Waals surface area contributed by atoms with Crippen LogP contribution in [0.5, 0.6) is 0 Å². The van der Waals surface area contributed by atoms with Gasteiger partial charge in [0.05, 0.1) is 4.90 Å². The van der Waals surface area contributed by atoms with Gasteiger partial charge in [-0.25, -0.2) is 22.9 Å². The van der Waals surface area contributed by atoms with E-state index in [1.54, 1.807) is 49.6 Å². The predicted octanol–water partition coefficient (Wildman–Crippen LogP) is 5.37. The molecule has 1 heterocycles. The maximum atomic E-state index is 13.0. The molecule has 3 aromatic rings. The van der Waals surface area contributed by atoms with Crippen LogP contribution in [0, 0.1) is 0 Å². The van der Waals surface area contributed by atoms with Gasteiger partial charge in [-0.05, 0) is 44.4 Å². The van der Waals surface area contributed by atoms with E-state index in [-0.39, 0.29) is 15.7 Å². The lowest BCUT2D eigenvalue weighted by Crippen LogP contribution is -2.40. The number of carboxylic acid groups (broad SMARTS) is 1. The highest BCUT2D eigenvalue weighted by molar-refractivity contribution is 7.89. The highest BCUT2D eigenvalue weighted by Gasteiger charge is 2.25. The molecule has 0 aliphatic heterocycles. The van der Waals surface area contributed by atoms with E-state index in [1.807, 2.05) is 24.3 Å². The molecule has 0 aliphatic carbocycles. The summed E-state index contributed by atoms with van der Waals surface area (Å²) in [5, 5.41) is 9.62. The predicted molar refractivity (Wildman–Crippen MR) is 134 cm³/mol. The molecule has 0 atom stereocenters. The van der Waals surface area contributed by atoms with Crippen LogP contribution in [0.2, 0.25) is 5.15 Å². The third-order valence-corrected chi connectivity index (χ3v) is 7.26. The third-order valence-electron chi connectivity index (χ3n) is 5.18. The number of rotatable bonds is 9. The van der Waals surface area contributed by atoms with Gasteiger partial charge in [0.1, 0.15) is 5.82 Å². The number of halogens is 1. The van der Waals surface area contributed by atoms with Gasteiger partial charge < -0.3 is 9.67 Å². The van der Waals surface area contributed by atoms with Crippen molar-refractivity contribution in [3.05, 3.63) is 70.8 Å². The largest absolute Gasteiger partial charge is 0.476 e. The Balaban J connectivity index is 1.95. The Labute approximate surface area is 205 Å². The van der Waals surface area contributed by atoms with E-state index >= 15 is 0 Å². The van der Waals surface area contributed by atoms with Gasteiger partial charge in [0.15, 0.2) is 10.8 Å². The molecule has 0 amide bonds. The molecule has 0 saturated carbocycles. The Morgan fingerprint density at radius 3 is 2.35 bits per heavy atom. The van der Waals surface area contributed by atoms with Gasteiger partial charge in [-0.1, -0.05) is 67.4 Å². The zero-order valence-electron chi connectivity index (χ0n) is 19.8. The molecule has 0 radical (unpaired) electrons. The van der Waals surface area contributed by atoms with Crippen LogP contribution in [0.15, 0.2) is 53.4 Å². The van der Waals surface area contributed by atoms with E-state index in [0.717, 1.165) is 24.0 Å². The molecule has 9 heteroatoms. The average molecular weight is 504 g/mol. The number of hydrogen-bond acceptors (Lipinski definition) is 4. The number of aromatic nitrogens is 2. The van der Waals surface area contributed by atoms with Crippen LogP contribution in [-0.4, -0.2) is 34.6 Å². The number of aromatic carboxylic acids is 1. The minimum atomic E-state index is -3.72. The van der Waals surface area contributed by atoms with Crippen LogP contribution < -0.4 is 4.72 Å². The summed E-state index contributed by atoms with van der Waals surface area (Å²) in [7, 11) is -3.72. The standard InChI is InChI=1S/C25H30ClN3O4S/c1-5-6-11-21-27-23(26)22(24(30)31)29(21)16-17-12-14-18(15-13-17)19-9-7-8-10-20(19)34(32,33)28-25(2,3)4/h7-10,12-15,28H,5-6,11,16H2,1-4H3,(H,30,31). The van der Waals surface area contributed by atoms with Crippen LogP contribution in [0.4, 0.5) is 0 Å². The Morgan fingerprint density at radius 2 is 1.76 bits per heavy atom. The van der Waals surface area contributed by atoms with Crippen LogP contribution >= 0.6 is 11.6 Å². The molecular weight excluding hydrogens is 474 g/mol. The lowest BCUT2D eigenvalue weighted by Gasteiger charge is -2.21. The highest BCUT2D eigenvalue weighted by Crippen LogP contribution is 2.29. The summed E-state index contributed by atoms with van der Waals surface area (Å²) in [6.45, 7) is 7.74. The number of carboxylic acids is 1. The van der Waals surface area contributed by atoms with Crippen molar-refractivity contribution in [1.82, 2.24) is 14.3 Å². The lowest BCUT2D eigenvalue weighted by atomic mass is 10.0. The van der Waals surface area contributed by atoms with Gasteiger partial charge in [0, 0.05) is 24.1 Å². The first kappa shape index (κ1) is 25.9. The van der Waals surface area contributed by atoms with Crippen molar-refractivity contribution >= 4 is 27.6 Å². The fourth-order valence-corrected chi connectivity index (χ4v) is 5.67. The molecule has 2 N–H and O–H groups in total. The molecule has 3 rings (SSSR count). The zero-order valence-corrected chi connectivity index (χ0v) is 21.4. The number of benzene rings is 2. The Hall–Kier alpha value is -2.68. The van der Waals surface area contributed by atoms with Gasteiger partial charge in [0.25, 0.3) is 0 Å². The van der Waals surface area contributed by atoms with Crippen molar-refractivity contribution in [2.24, 2.45) is 0 Å². The van der Waals surface area contributed by atoms with Crippen molar-refractivity contribution in [1.29, 1.82) is 0 Å². The number of carbonyl (C=O) groups is 1. The highest BCUT2D eigenvalue weighted by atomic mass is 35.5. The second-order valence-electron chi connectivity index (χ2n) is 9.21. The molecule has 0 saturated heterocycles. The number of nitrogens with one attached hydrogen (secondary N) is 1. The molecule has 1 aromatic heterocycles. The minimum absolute atomic E-state index is 0.0132. The number of hydrogen-bond donors (Lipinski definition) is 2. The van der Waals surface area contributed by atoms with Crippen LogP contribution in [0.25, 0.3) is 11.1 Å². The molecule has 0 fully saturated rings. The monoisotopic (exact) mass is 503 g/mol. The van der Waals surface area contributed by atoms with Gasteiger partial charge in [-0.2, -0.15) is 0 Å². The van der Waals surface area contributed by atoms with Crippen LogP contribution in [-0.2, 0) is 23.0 Å². The maximum Gasteiger partial charge on any atom is 0.355 e. The van der Waals surface area contributed by atoms with E-state index < -0.39 is 21.5 Å². The molecule has 0 unspecified atom stereocenters. The first-order valence-corrected chi connectivity index (χ1v) is 13.0. The van der Waals surface area contributed by atoms with Crippen molar-refractivity contribution in [3.8, 4) is 11.1 Å². The van der Waals surface area contributed by atoms with Crippen LogP contribution in [0.3, 0.4) is 0 Å². The average Bonchev–Trinajstić information content (AvgIpc) is 3.06. The summed E-state index contributed by atoms with van der Waals surface area (Å²) >= 11 is 6.13. The van der Waals surface area contributed by atoms with Crippen molar-refractivity contribution in [2.45, 2.75) is 63.9 Å². The topological polar surface area (TPSA) is 101 Å². The Bertz CT molecular complexity index is 1280. The molecule has 182 valence electrons. The number of imidazole rings is 1. The summed E-state index contributed by atoms with van der Waals surface area (Å²) in [6.07, 6.45) is 2.46. The molecular formula is C25H30ClN3O4S. The van der Waals surface area contributed by atoms with E-state index in [9.17, 15) is 18.3 Å². The summed E-state index contributed by atoms with van der Waals surface area (Å²) in [6, 6.07) is 14.3. The normalized spacial score (nSPS) is 12.1.